The first-order valence-electron chi connectivity index (χ1n) is 8.98. The van der Waals surface area contributed by atoms with Gasteiger partial charge < -0.3 is 4.90 Å². The van der Waals surface area contributed by atoms with Gasteiger partial charge in [-0.15, -0.1) is 0 Å². The second-order valence-electron chi connectivity index (χ2n) is 6.93. The third kappa shape index (κ3) is 3.75. The molecule has 2 heterocycles. The van der Waals surface area contributed by atoms with Crippen LogP contribution in [0.5, 0.6) is 0 Å². The molecule has 1 amide bonds. The minimum atomic E-state index is 0.112. The Hall–Kier alpha value is -1.39. The van der Waals surface area contributed by atoms with E-state index < -0.39 is 0 Å². The van der Waals surface area contributed by atoms with Crippen LogP contribution in [0, 0.1) is 5.92 Å². The van der Waals surface area contributed by atoms with Crippen LogP contribution >= 0.6 is 0 Å². The highest BCUT2D eigenvalue weighted by molar-refractivity contribution is 5.82. The average molecular weight is 315 g/mol. The monoisotopic (exact) mass is 315 g/mol. The molecule has 0 unspecified atom stereocenters. The van der Waals surface area contributed by atoms with E-state index in [1.165, 1.54) is 5.56 Å². The number of carbonyl (C=O) groups is 1. The summed E-state index contributed by atoms with van der Waals surface area (Å²) in [4.78, 5) is 19.8. The summed E-state index contributed by atoms with van der Waals surface area (Å²) < 4.78 is 0. The number of likely N-dealkylation sites (N-methyl/N-ethyl adjacent to an activating group) is 1. The second-order valence-corrected chi connectivity index (χ2v) is 6.93. The number of piperazine rings is 1. The Bertz CT molecular complexity index is 511. The lowest BCUT2D eigenvalue weighted by Crippen LogP contribution is -2.54. The quantitative estimate of drug-likeness (QED) is 0.851. The summed E-state index contributed by atoms with van der Waals surface area (Å²) in [5, 5.41) is 0. The van der Waals surface area contributed by atoms with E-state index >= 15 is 0 Å². The number of amides is 1. The van der Waals surface area contributed by atoms with Crippen molar-refractivity contribution in [3.8, 4) is 0 Å². The summed E-state index contributed by atoms with van der Waals surface area (Å²) in [5.41, 5.74) is 1.36. The maximum atomic E-state index is 12.9. The highest BCUT2D eigenvalue weighted by atomic mass is 16.2. The molecular formula is C19H29N3O. The van der Waals surface area contributed by atoms with E-state index in [-0.39, 0.29) is 6.04 Å². The van der Waals surface area contributed by atoms with Crippen molar-refractivity contribution in [2.75, 3.05) is 39.3 Å². The molecule has 0 aliphatic carbocycles. The molecule has 0 radical (unpaired) electrons. The first-order chi connectivity index (χ1) is 11.2. The van der Waals surface area contributed by atoms with Crippen LogP contribution < -0.4 is 0 Å². The van der Waals surface area contributed by atoms with Crippen molar-refractivity contribution in [2.24, 2.45) is 5.92 Å². The molecule has 0 spiro atoms. The van der Waals surface area contributed by atoms with E-state index in [9.17, 15) is 4.79 Å². The van der Waals surface area contributed by atoms with Gasteiger partial charge in [0.1, 0.15) is 0 Å². The van der Waals surface area contributed by atoms with Gasteiger partial charge in [-0.1, -0.05) is 44.2 Å². The third-order valence-electron chi connectivity index (χ3n) is 5.40. The van der Waals surface area contributed by atoms with Gasteiger partial charge in [-0.25, -0.2) is 0 Å². The molecule has 2 atom stereocenters. The third-order valence-corrected chi connectivity index (χ3v) is 5.40. The maximum absolute atomic E-state index is 12.9. The topological polar surface area (TPSA) is 26.8 Å². The lowest BCUT2D eigenvalue weighted by atomic mass is 10.0. The highest BCUT2D eigenvalue weighted by Gasteiger charge is 2.38. The van der Waals surface area contributed by atoms with Gasteiger partial charge in [-0.3, -0.25) is 14.6 Å². The molecular weight excluding hydrogens is 286 g/mol. The summed E-state index contributed by atoms with van der Waals surface area (Å²) in [7, 11) is 0. The molecule has 0 N–H and O–H groups in total. The molecule has 4 heteroatoms. The molecule has 1 aromatic rings. The predicted molar refractivity (Wildman–Crippen MR) is 93.1 cm³/mol. The molecule has 0 aromatic heterocycles. The van der Waals surface area contributed by atoms with Crippen molar-refractivity contribution < 1.29 is 4.79 Å². The van der Waals surface area contributed by atoms with Gasteiger partial charge in [0.25, 0.3) is 0 Å². The van der Waals surface area contributed by atoms with Crippen LogP contribution in [-0.4, -0.2) is 65.9 Å². The summed E-state index contributed by atoms with van der Waals surface area (Å²) in [6, 6.07) is 10.7. The molecule has 2 aliphatic rings. The van der Waals surface area contributed by atoms with E-state index in [1.807, 2.05) is 0 Å². The number of carbonyl (C=O) groups excluding carboxylic acids is 1. The number of benzene rings is 1. The minimum absolute atomic E-state index is 0.112. The second kappa shape index (κ2) is 7.45. The SMILES string of the molecule is CCN1CC[C@H](C)[C@H]1C(=O)N1CCN(Cc2ccccc2)CC1. The molecule has 4 nitrogen and oxygen atoms in total. The Morgan fingerprint density at radius 1 is 1.09 bits per heavy atom. The zero-order valence-corrected chi connectivity index (χ0v) is 14.4. The van der Waals surface area contributed by atoms with Crippen molar-refractivity contribution in [3.63, 3.8) is 0 Å². The molecule has 2 fully saturated rings. The fourth-order valence-electron chi connectivity index (χ4n) is 3.94. The number of likely N-dealkylation sites (tertiary alicyclic amines) is 1. The van der Waals surface area contributed by atoms with Crippen LogP contribution in [0.4, 0.5) is 0 Å². The molecule has 2 aliphatic heterocycles. The van der Waals surface area contributed by atoms with Gasteiger partial charge in [0.2, 0.25) is 5.91 Å². The van der Waals surface area contributed by atoms with Crippen molar-refractivity contribution in [1.29, 1.82) is 0 Å². The summed E-state index contributed by atoms with van der Waals surface area (Å²) >= 11 is 0. The van der Waals surface area contributed by atoms with E-state index in [1.54, 1.807) is 0 Å². The van der Waals surface area contributed by atoms with Gasteiger partial charge in [0.05, 0.1) is 6.04 Å². The molecule has 0 bridgehead atoms. The zero-order valence-electron chi connectivity index (χ0n) is 14.4. The maximum Gasteiger partial charge on any atom is 0.240 e. The molecule has 3 rings (SSSR count). The van der Waals surface area contributed by atoms with Crippen LogP contribution in [0.15, 0.2) is 30.3 Å². The standard InChI is InChI=1S/C19H29N3O/c1-3-21-10-9-16(2)18(21)19(23)22-13-11-20(12-14-22)15-17-7-5-4-6-8-17/h4-8,16,18H,3,9-15H2,1-2H3/t16-,18-/m0/s1. The normalized spacial score (nSPS) is 26.6. The smallest absolute Gasteiger partial charge is 0.240 e. The molecule has 2 saturated heterocycles. The van der Waals surface area contributed by atoms with Gasteiger partial charge in [-0.2, -0.15) is 0 Å². The Morgan fingerprint density at radius 3 is 2.43 bits per heavy atom. The van der Waals surface area contributed by atoms with Crippen molar-refractivity contribution in [2.45, 2.75) is 32.9 Å². The molecule has 1 aromatic carbocycles. The van der Waals surface area contributed by atoms with Crippen LogP contribution in [0.1, 0.15) is 25.8 Å². The van der Waals surface area contributed by atoms with E-state index in [4.69, 9.17) is 0 Å². The summed E-state index contributed by atoms with van der Waals surface area (Å²) in [6.45, 7) is 11.1. The fraction of sp³-hybridized carbons (Fsp3) is 0.632. The Morgan fingerprint density at radius 2 is 1.78 bits per heavy atom. The number of hydrogen-bond acceptors (Lipinski definition) is 3. The van der Waals surface area contributed by atoms with Crippen LogP contribution in [0.3, 0.4) is 0 Å². The van der Waals surface area contributed by atoms with Crippen LogP contribution in [-0.2, 0) is 11.3 Å². The summed E-state index contributed by atoms with van der Waals surface area (Å²) in [6.07, 6.45) is 1.15. The zero-order chi connectivity index (χ0) is 16.2. The van der Waals surface area contributed by atoms with Gasteiger partial charge in [0, 0.05) is 32.7 Å². The molecule has 23 heavy (non-hydrogen) atoms. The number of rotatable bonds is 4. The van der Waals surface area contributed by atoms with Crippen molar-refractivity contribution >= 4 is 5.91 Å². The van der Waals surface area contributed by atoms with E-state index in [0.29, 0.717) is 11.8 Å². The predicted octanol–water partition coefficient (Wildman–Crippen LogP) is 2.06. The first-order valence-corrected chi connectivity index (χ1v) is 8.98. The average Bonchev–Trinajstić information content (AvgIpc) is 2.96. The number of nitrogens with zero attached hydrogens (tertiary/aromatic N) is 3. The minimum Gasteiger partial charge on any atom is -0.339 e. The van der Waals surface area contributed by atoms with Crippen LogP contribution in [0.2, 0.25) is 0 Å². The summed E-state index contributed by atoms with van der Waals surface area (Å²) in [5.74, 6) is 0.848. The van der Waals surface area contributed by atoms with Crippen molar-refractivity contribution in [3.05, 3.63) is 35.9 Å². The lowest BCUT2D eigenvalue weighted by molar-refractivity contribution is -0.138. The van der Waals surface area contributed by atoms with E-state index in [0.717, 1.165) is 52.2 Å². The number of hydrogen-bond donors (Lipinski definition) is 0. The van der Waals surface area contributed by atoms with Crippen LogP contribution in [0.25, 0.3) is 0 Å². The largest absolute Gasteiger partial charge is 0.339 e. The Labute approximate surface area is 140 Å². The van der Waals surface area contributed by atoms with Gasteiger partial charge in [0.15, 0.2) is 0 Å². The van der Waals surface area contributed by atoms with Crippen molar-refractivity contribution in [1.82, 2.24) is 14.7 Å². The molecule has 126 valence electrons. The lowest BCUT2D eigenvalue weighted by Gasteiger charge is -2.38. The van der Waals surface area contributed by atoms with E-state index in [2.05, 4.69) is 58.9 Å². The molecule has 0 saturated carbocycles. The Kier molecular flexibility index (Phi) is 5.34. The van der Waals surface area contributed by atoms with Gasteiger partial charge in [-0.05, 0) is 31.0 Å². The Balaban J connectivity index is 1.53. The highest BCUT2D eigenvalue weighted by Crippen LogP contribution is 2.25. The first kappa shape index (κ1) is 16.5. The van der Waals surface area contributed by atoms with Gasteiger partial charge >= 0.3 is 0 Å². The fourth-order valence-corrected chi connectivity index (χ4v) is 3.94.